The Morgan fingerprint density at radius 2 is 2.00 bits per heavy atom. The fourth-order valence-corrected chi connectivity index (χ4v) is 2.73. The van der Waals surface area contributed by atoms with E-state index in [1.165, 1.54) is 30.3 Å². The third kappa shape index (κ3) is 1.77. The number of aromatic nitrogens is 2. The van der Waals surface area contributed by atoms with Crippen molar-refractivity contribution in [2.75, 3.05) is 0 Å². The van der Waals surface area contributed by atoms with E-state index in [1.807, 2.05) is 0 Å². The van der Waals surface area contributed by atoms with Crippen LogP contribution in [0.1, 0.15) is 16.2 Å². The molecule has 1 aliphatic rings. The van der Waals surface area contributed by atoms with Gasteiger partial charge in [-0.05, 0) is 18.2 Å². The molecule has 2 N–H and O–H groups in total. The SMILES string of the molecule is O=C1c2cc([NH+]([O-])O)ccc2-n2c1nc1cccc(F)c1c2=O. The summed E-state index contributed by atoms with van der Waals surface area (Å²) in [4.78, 5) is 29.1. The number of quaternary nitrogens is 1. The van der Waals surface area contributed by atoms with Crippen LogP contribution in [0.5, 0.6) is 0 Å². The van der Waals surface area contributed by atoms with Gasteiger partial charge in [0.05, 0.1) is 16.8 Å². The molecule has 8 heteroatoms. The maximum atomic E-state index is 13.9. The van der Waals surface area contributed by atoms with Crippen LogP contribution in [0.2, 0.25) is 0 Å². The number of rotatable bonds is 1. The number of nitrogens with one attached hydrogen (secondary N) is 1. The van der Waals surface area contributed by atoms with E-state index >= 15 is 0 Å². The summed E-state index contributed by atoms with van der Waals surface area (Å²) in [6.45, 7) is 0. The zero-order valence-corrected chi connectivity index (χ0v) is 11.4. The van der Waals surface area contributed by atoms with E-state index < -0.39 is 22.4 Å². The topological polar surface area (TPSA) is 99.7 Å². The Morgan fingerprint density at radius 1 is 1.22 bits per heavy atom. The number of nitrogens with zero attached hydrogens (tertiary/aromatic N) is 2. The first-order chi connectivity index (χ1) is 11.0. The minimum absolute atomic E-state index is 0.0604. The zero-order valence-electron chi connectivity index (χ0n) is 11.4. The molecule has 0 spiro atoms. The van der Waals surface area contributed by atoms with Crippen molar-refractivity contribution < 1.29 is 19.6 Å². The molecule has 2 heterocycles. The highest BCUT2D eigenvalue weighted by Gasteiger charge is 2.31. The average molecular weight is 313 g/mol. The highest BCUT2D eigenvalue weighted by molar-refractivity contribution is 6.13. The molecule has 7 nitrogen and oxygen atoms in total. The molecule has 1 unspecified atom stereocenters. The van der Waals surface area contributed by atoms with Crippen LogP contribution in [0.4, 0.5) is 10.1 Å². The van der Waals surface area contributed by atoms with Crippen molar-refractivity contribution >= 4 is 22.4 Å². The Kier molecular flexibility index (Phi) is 2.70. The molecule has 0 fully saturated rings. The number of benzene rings is 2. The van der Waals surface area contributed by atoms with Crippen molar-refractivity contribution in [1.82, 2.24) is 9.55 Å². The third-order valence-electron chi connectivity index (χ3n) is 3.78. The normalized spacial score (nSPS) is 14.0. The van der Waals surface area contributed by atoms with E-state index in [-0.39, 0.29) is 33.7 Å². The van der Waals surface area contributed by atoms with Crippen LogP contribution in [0.3, 0.4) is 0 Å². The summed E-state index contributed by atoms with van der Waals surface area (Å²) in [5.41, 5.74) is -0.421. The lowest BCUT2D eigenvalue weighted by atomic mass is 10.1. The summed E-state index contributed by atoms with van der Waals surface area (Å²) in [7, 11) is 0. The lowest BCUT2D eigenvalue weighted by Gasteiger charge is -2.12. The van der Waals surface area contributed by atoms with Crippen LogP contribution in [0.25, 0.3) is 16.6 Å². The van der Waals surface area contributed by atoms with Crippen molar-refractivity contribution in [3.63, 3.8) is 0 Å². The maximum Gasteiger partial charge on any atom is 0.269 e. The fourth-order valence-electron chi connectivity index (χ4n) is 2.73. The van der Waals surface area contributed by atoms with Gasteiger partial charge in [0.25, 0.3) is 5.56 Å². The summed E-state index contributed by atoms with van der Waals surface area (Å²) in [5.74, 6) is -1.43. The van der Waals surface area contributed by atoms with E-state index in [2.05, 4.69) is 4.98 Å². The molecule has 0 radical (unpaired) electrons. The number of fused-ring (bicyclic) bond motifs is 4. The van der Waals surface area contributed by atoms with Gasteiger partial charge in [0.15, 0.2) is 11.5 Å². The van der Waals surface area contributed by atoms with Crippen LogP contribution >= 0.6 is 0 Å². The number of hydrogen-bond donors (Lipinski definition) is 2. The molecule has 0 aliphatic carbocycles. The Morgan fingerprint density at radius 3 is 2.74 bits per heavy atom. The van der Waals surface area contributed by atoms with Gasteiger partial charge in [-0.3, -0.25) is 14.2 Å². The number of hydrogen-bond acceptors (Lipinski definition) is 5. The lowest BCUT2D eigenvalue weighted by molar-refractivity contribution is -0.991. The minimum Gasteiger partial charge on any atom is -0.595 e. The van der Waals surface area contributed by atoms with Crippen LogP contribution in [0, 0.1) is 11.0 Å². The van der Waals surface area contributed by atoms with Gasteiger partial charge in [0.2, 0.25) is 5.78 Å². The van der Waals surface area contributed by atoms with E-state index in [0.29, 0.717) is 0 Å². The van der Waals surface area contributed by atoms with E-state index in [9.17, 15) is 19.2 Å². The molecule has 3 aromatic rings. The Bertz CT molecular complexity index is 1060. The summed E-state index contributed by atoms with van der Waals surface area (Å²) in [6.07, 6.45) is 0. The van der Waals surface area contributed by atoms with Crippen LogP contribution < -0.4 is 10.8 Å². The summed E-state index contributed by atoms with van der Waals surface area (Å²) < 4.78 is 15.0. The van der Waals surface area contributed by atoms with Gasteiger partial charge >= 0.3 is 0 Å². The molecule has 1 aromatic heterocycles. The molecular formula is C15H8FN3O4. The van der Waals surface area contributed by atoms with E-state index in [4.69, 9.17) is 5.21 Å². The van der Waals surface area contributed by atoms with Crippen molar-refractivity contribution in [3.8, 4) is 5.69 Å². The van der Waals surface area contributed by atoms with Crippen molar-refractivity contribution in [2.24, 2.45) is 0 Å². The standard InChI is InChI=1S/C15H8FN3O4/c16-9-2-1-3-10-12(9)15(21)18-11-5-4-7(19(22)23)6-8(11)13(20)14(18)17-10/h1-6,19,22H. The molecule has 4 rings (SSSR count). The molecule has 0 bridgehead atoms. The maximum absolute atomic E-state index is 13.9. The molecule has 1 atom stereocenters. The smallest absolute Gasteiger partial charge is 0.269 e. The second-order valence-electron chi connectivity index (χ2n) is 5.08. The van der Waals surface area contributed by atoms with Gasteiger partial charge in [-0.15, -0.1) is 0 Å². The average Bonchev–Trinajstić information content (AvgIpc) is 2.80. The summed E-state index contributed by atoms with van der Waals surface area (Å²) >= 11 is 0. The Labute approximate surface area is 127 Å². The lowest BCUT2D eigenvalue weighted by Crippen LogP contribution is -2.99. The molecule has 1 aliphatic heterocycles. The van der Waals surface area contributed by atoms with Gasteiger partial charge in [-0.2, -0.15) is 5.23 Å². The van der Waals surface area contributed by atoms with Crippen LogP contribution in [-0.4, -0.2) is 20.5 Å². The van der Waals surface area contributed by atoms with Crippen molar-refractivity contribution in [3.05, 3.63) is 69.2 Å². The number of ketones is 1. The molecule has 0 saturated carbocycles. The zero-order chi connectivity index (χ0) is 16.3. The number of halogens is 1. The first-order valence-electron chi connectivity index (χ1n) is 6.63. The van der Waals surface area contributed by atoms with Crippen molar-refractivity contribution in [2.45, 2.75) is 0 Å². The van der Waals surface area contributed by atoms with Gasteiger partial charge in [0.1, 0.15) is 11.2 Å². The van der Waals surface area contributed by atoms with Crippen LogP contribution in [0.15, 0.2) is 41.2 Å². The first-order valence-corrected chi connectivity index (χ1v) is 6.63. The summed E-state index contributed by atoms with van der Waals surface area (Å²) in [5, 5.41) is 18.7. The highest BCUT2D eigenvalue weighted by atomic mass is 19.1. The predicted octanol–water partition coefficient (Wildman–Crippen LogP) is 0.473. The molecule has 23 heavy (non-hydrogen) atoms. The molecule has 2 aromatic carbocycles. The van der Waals surface area contributed by atoms with E-state index in [0.717, 1.165) is 10.6 Å². The fraction of sp³-hybridized carbons (Fsp3) is 0. The van der Waals surface area contributed by atoms with Gasteiger partial charge in [-0.25, -0.2) is 14.6 Å². The molecule has 0 saturated heterocycles. The third-order valence-corrected chi connectivity index (χ3v) is 3.78. The number of carbonyl (C=O) groups excluding carboxylic acids is 1. The summed E-state index contributed by atoms with van der Waals surface area (Å²) in [6, 6.07) is 7.80. The number of carbonyl (C=O) groups is 1. The molecule has 0 amide bonds. The quantitative estimate of drug-likeness (QED) is 0.498. The largest absolute Gasteiger partial charge is 0.595 e. The highest BCUT2D eigenvalue weighted by Crippen LogP contribution is 2.28. The monoisotopic (exact) mass is 313 g/mol. The van der Waals surface area contributed by atoms with Crippen molar-refractivity contribution in [1.29, 1.82) is 0 Å². The Hall–Kier alpha value is -2.94. The van der Waals surface area contributed by atoms with Crippen LogP contribution in [-0.2, 0) is 0 Å². The van der Waals surface area contributed by atoms with Gasteiger partial charge < -0.3 is 5.21 Å². The van der Waals surface area contributed by atoms with Gasteiger partial charge in [0, 0.05) is 12.1 Å². The Balaban J connectivity index is 2.10. The second-order valence-corrected chi connectivity index (χ2v) is 5.08. The van der Waals surface area contributed by atoms with Gasteiger partial charge in [-0.1, -0.05) is 6.07 Å². The predicted molar refractivity (Wildman–Crippen MR) is 76.5 cm³/mol. The van der Waals surface area contributed by atoms with E-state index in [1.54, 1.807) is 0 Å². The molecular weight excluding hydrogens is 305 g/mol. The first kappa shape index (κ1) is 13.7. The minimum atomic E-state index is -1.19. The second kappa shape index (κ2) is 4.53. The molecule has 114 valence electrons.